The second kappa shape index (κ2) is 10.7. The monoisotopic (exact) mass is 316 g/mol. The molecule has 0 bridgehead atoms. The van der Waals surface area contributed by atoms with E-state index < -0.39 is 5.41 Å². The summed E-state index contributed by atoms with van der Waals surface area (Å²) in [6.45, 7) is 9.15. The van der Waals surface area contributed by atoms with Crippen LogP contribution < -0.4 is 0 Å². The average Bonchev–Trinajstić information content (AvgIpc) is 2.44. The first kappa shape index (κ1) is 21.0. The Labute approximate surface area is 139 Å². The summed E-state index contributed by atoms with van der Waals surface area (Å²) < 4.78 is 0. The predicted octanol–water partition coefficient (Wildman–Crippen LogP) is 4.54. The van der Waals surface area contributed by atoms with Crippen molar-refractivity contribution in [3.05, 3.63) is 47.6 Å². The van der Waals surface area contributed by atoms with Gasteiger partial charge in [0, 0.05) is 11.8 Å². The summed E-state index contributed by atoms with van der Waals surface area (Å²) in [5.74, 6) is 0.225. The van der Waals surface area contributed by atoms with E-state index in [0.717, 1.165) is 23.9 Å². The van der Waals surface area contributed by atoms with Crippen molar-refractivity contribution in [3.8, 4) is 0 Å². The molecule has 0 saturated carbocycles. The first-order chi connectivity index (χ1) is 10.7. The number of rotatable bonds is 10. The van der Waals surface area contributed by atoms with Gasteiger partial charge in [-0.3, -0.25) is 9.59 Å². The van der Waals surface area contributed by atoms with Gasteiger partial charge < -0.3 is 4.79 Å². The first-order valence-electron chi connectivity index (χ1n) is 7.88. The lowest BCUT2D eigenvalue weighted by atomic mass is 9.82. The summed E-state index contributed by atoms with van der Waals surface area (Å²) >= 11 is 0. The molecule has 0 atom stereocenters. The van der Waals surface area contributed by atoms with Gasteiger partial charge in [0.25, 0.3) is 0 Å². The minimum absolute atomic E-state index is 0.0646. The molecule has 0 N–H and O–H groups in total. The van der Waals surface area contributed by atoms with Crippen LogP contribution in [-0.2, 0) is 14.4 Å². The van der Waals surface area contributed by atoms with Crippen LogP contribution in [0.3, 0.4) is 0 Å². The summed E-state index contributed by atoms with van der Waals surface area (Å²) in [5, 5.41) is 0. The third-order valence-corrected chi connectivity index (χ3v) is 3.54. The molecule has 0 aromatic heterocycles. The highest BCUT2D eigenvalue weighted by Crippen LogP contribution is 2.25. The summed E-state index contributed by atoms with van der Waals surface area (Å²) in [4.78, 5) is 33.5. The van der Waals surface area contributed by atoms with Crippen molar-refractivity contribution in [2.75, 3.05) is 0 Å². The van der Waals surface area contributed by atoms with Gasteiger partial charge in [-0.25, -0.2) is 0 Å². The summed E-state index contributed by atoms with van der Waals surface area (Å²) in [5.41, 5.74) is 1.37. The molecule has 0 aromatic carbocycles. The zero-order valence-electron chi connectivity index (χ0n) is 14.9. The second-order valence-corrected chi connectivity index (χ2v) is 6.45. The number of hydrogen-bond acceptors (Lipinski definition) is 3. The maximum absolute atomic E-state index is 12.2. The van der Waals surface area contributed by atoms with Gasteiger partial charge in [-0.2, -0.15) is 0 Å². The molecule has 0 aliphatic heterocycles. The standard InChI is InChI=1S/C20H28O3/c1-16(8-6-9-17(2)13-15-21)11-12-19(23)20(4,5)14-7-10-18(3)22/h6,8-9,11-13,15H,7,10,14H2,1-5H3/b9-6+,12-11+,16-8+,17-13+. The van der Waals surface area contributed by atoms with Crippen molar-refractivity contribution in [1.29, 1.82) is 0 Å². The number of allylic oxidation sites excluding steroid dienone is 8. The molecule has 0 radical (unpaired) electrons. The molecule has 23 heavy (non-hydrogen) atoms. The van der Waals surface area contributed by atoms with Crippen LogP contribution in [0.1, 0.15) is 53.9 Å². The van der Waals surface area contributed by atoms with Crippen molar-refractivity contribution in [3.63, 3.8) is 0 Å². The van der Waals surface area contributed by atoms with Crippen LogP contribution in [0, 0.1) is 5.41 Å². The van der Waals surface area contributed by atoms with Crippen molar-refractivity contribution < 1.29 is 14.4 Å². The molecule has 0 spiro atoms. The van der Waals surface area contributed by atoms with E-state index in [1.807, 2.05) is 45.9 Å². The van der Waals surface area contributed by atoms with Gasteiger partial charge in [0.15, 0.2) is 5.78 Å². The van der Waals surface area contributed by atoms with Crippen molar-refractivity contribution in [1.82, 2.24) is 0 Å². The van der Waals surface area contributed by atoms with Gasteiger partial charge in [-0.1, -0.05) is 43.7 Å². The number of ketones is 2. The smallest absolute Gasteiger partial charge is 0.161 e. The van der Waals surface area contributed by atoms with Crippen molar-refractivity contribution in [2.24, 2.45) is 5.41 Å². The van der Waals surface area contributed by atoms with E-state index in [-0.39, 0.29) is 11.6 Å². The SMILES string of the molecule is CC(=O)CCCC(C)(C)C(=O)/C=C/C(C)=C/C=C/C(C)=C/C=O. The third kappa shape index (κ3) is 10.3. The van der Waals surface area contributed by atoms with Crippen molar-refractivity contribution in [2.45, 2.75) is 53.9 Å². The van der Waals surface area contributed by atoms with E-state index in [9.17, 15) is 14.4 Å². The largest absolute Gasteiger partial charge is 0.300 e. The van der Waals surface area contributed by atoms with Crippen LogP contribution in [0.4, 0.5) is 0 Å². The Morgan fingerprint density at radius 3 is 2.09 bits per heavy atom. The fourth-order valence-corrected chi connectivity index (χ4v) is 1.91. The molecular weight excluding hydrogens is 288 g/mol. The highest BCUT2D eigenvalue weighted by atomic mass is 16.1. The molecule has 126 valence electrons. The molecule has 0 heterocycles. The Hall–Kier alpha value is -2.03. The summed E-state index contributed by atoms with van der Waals surface area (Å²) in [7, 11) is 0. The van der Waals surface area contributed by atoms with Crippen molar-refractivity contribution >= 4 is 17.9 Å². The average molecular weight is 316 g/mol. The van der Waals surface area contributed by atoms with Gasteiger partial charge >= 0.3 is 0 Å². The van der Waals surface area contributed by atoms with Gasteiger partial charge in [0.2, 0.25) is 0 Å². The van der Waals surface area contributed by atoms with Crippen LogP contribution in [0.15, 0.2) is 47.6 Å². The molecule has 0 aromatic rings. The lowest BCUT2D eigenvalue weighted by Crippen LogP contribution is -2.22. The molecule has 0 aliphatic carbocycles. The van der Waals surface area contributed by atoms with Gasteiger partial charge in [-0.05, 0) is 51.3 Å². The Morgan fingerprint density at radius 1 is 0.913 bits per heavy atom. The molecule has 0 unspecified atom stereocenters. The van der Waals surface area contributed by atoms with Crippen LogP contribution in [0.2, 0.25) is 0 Å². The first-order valence-corrected chi connectivity index (χ1v) is 7.88. The van der Waals surface area contributed by atoms with Gasteiger partial charge in [0.05, 0.1) is 0 Å². The van der Waals surface area contributed by atoms with Gasteiger partial charge in [-0.15, -0.1) is 0 Å². The van der Waals surface area contributed by atoms with Crippen LogP contribution in [0.25, 0.3) is 0 Å². The lowest BCUT2D eigenvalue weighted by molar-refractivity contribution is -0.123. The maximum Gasteiger partial charge on any atom is 0.161 e. The zero-order valence-corrected chi connectivity index (χ0v) is 14.9. The summed E-state index contributed by atoms with van der Waals surface area (Å²) in [6, 6.07) is 0. The minimum atomic E-state index is -0.453. The van der Waals surface area contributed by atoms with E-state index in [2.05, 4.69) is 0 Å². The van der Waals surface area contributed by atoms with Gasteiger partial charge in [0.1, 0.15) is 12.1 Å². The third-order valence-electron chi connectivity index (χ3n) is 3.54. The predicted molar refractivity (Wildman–Crippen MR) is 95.2 cm³/mol. The Morgan fingerprint density at radius 2 is 1.52 bits per heavy atom. The molecular formula is C20H28O3. The highest BCUT2D eigenvalue weighted by molar-refractivity contribution is 5.94. The zero-order chi connectivity index (χ0) is 17.9. The molecule has 0 fully saturated rings. The number of Topliss-reactive ketones (excluding diaryl/α,β-unsaturated/α-hetero) is 1. The van der Waals surface area contributed by atoms with Crippen LogP contribution in [-0.4, -0.2) is 17.9 Å². The highest BCUT2D eigenvalue weighted by Gasteiger charge is 2.24. The molecule has 0 rings (SSSR count). The summed E-state index contributed by atoms with van der Waals surface area (Å²) in [6.07, 6.45) is 13.2. The number of carbonyl (C=O) groups is 3. The minimum Gasteiger partial charge on any atom is -0.300 e. The van der Waals surface area contributed by atoms with Crippen LogP contribution in [0.5, 0.6) is 0 Å². The second-order valence-electron chi connectivity index (χ2n) is 6.45. The lowest BCUT2D eigenvalue weighted by Gasteiger charge is -2.20. The molecule has 3 heteroatoms. The van der Waals surface area contributed by atoms with E-state index >= 15 is 0 Å². The Balaban J connectivity index is 4.62. The Kier molecular flexibility index (Phi) is 9.71. The maximum atomic E-state index is 12.2. The van der Waals surface area contributed by atoms with E-state index in [1.54, 1.807) is 19.1 Å². The molecule has 0 saturated heterocycles. The fraction of sp³-hybridized carbons (Fsp3) is 0.450. The van der Waals surface area contributed by atoms with E-state index in [1.165, 1.54) is 6.08 Å². The number of aldehydes is 1. The number of hydrogen-bond donors (Lipinski definition) is 0. The van der Waals surface area contributed by atoms with Crippen LogP contribution >= 0.6 is 0 Å². The normalized spacial score (nSPS) is 13.8. The van der Waals surface area contributed by atoms with E-state index in [4.69, 9.17) is 0 Å². The quantitative estimate of drug-likeness (QED) is 0.337. The van der Waals surface area contributed by atoms with E-state index in [0.29, 0.717) is 12.8 Å². The molecule has 3 nitrogen and oxygen atoms in total. The molecule has 0 amide bonds. The Bertz CT molecular complexity index is 543. The topological polar surface area (TPSA) is 51.2 Å². The number of carbonyl (C=O) groups excluding carboxylic acids is 3. The fourth-order valence-electron chi connectivity index (χ4n) is 1.91. The molecule has 0 aliphatic rings.